The molecule has 12 nitrogen and oxygen atoms in total. The molecule has 0 fully saturated rings. The van der Waals surface area contributed by atoms with Crippen molar-refractivity contribution in [1.82, 2.24) is 0 Å². The predicted molar refractivity (Wildman–Crippen MR) is 56.2 cm³/mol. The van der Waals surface area contributed by atoms with Crippen molar-refractivity contribution >= 4 is 30.4 Å². The second-order valence-electron chi connectivity index (χ2n) is 3.27. The molecule has 1 atom stereocenters. The van der Waals surface area contributed by atoms with Gasteiger partial charge in [0.1, 0.15) is 0 Å². The lowest BCUT2D eigenvalue weighted by Crippen LogP contribution is -2.67. The van der Waals surface area contributed by atoms with E-state index in [9.17, 15) is 35.5 Å². The summed E-state index contributed by atoms with van der Waals surface area (Å²) in [5.74, 6) is 0. The molecule has 15 heteroatoms. The Morgan fingerprint density at radius 1 is 0.737 bits per heavy atom. The Bertz CT molecular complexity index is 607. The van der Waals surface area contributed by atoms with Crippen molar-refractivity contribution in [3.8, 4) is 0 Å². The topological polar surface area (TPSA) is 224 Å². The molecule has 0 aromatic carbocycles. The molecule has 0 aromatic heterocycles. The Morgan fingerprint density at radius 3 is 1.21 bits per heavy atom. The summed E-state index contributed by atoms with van der Waals surface area (Å²) in [5, 5.41) is 27.2. The third-order valence-corrected chi connectivity index (χ3v) is 7.02. The number of rotatable bonds is 6. The summed E-state index contributed by atoms with van der Waals surface area (Å²) in [6.45, 7) is -1.44. The first-order valence-corrected chi connectivity index (χ1v) is 8.35. The highest BCUT2D eigenvalue weighted by Crippen LogP contribution is 2.38. The summed E-state index contributed by atoms with van der Waals surface area (Å²) in [6.07, 6.45) is -1.76. The summed E-state index contributed by atoms with van der Waals surface area (Å²) in [4.78, 5) is -4.53. The van der Waals surface area contributed by atoms with E-state index in [1.165, 1.54) is 0 Å². The van der Waals surface area contributed by atoms with E-state index in [1.54, 1.807) is 0 Å². The molecule has 0 aliphatic carbocycles. The lowest BCUT2D eigenvalue weighted by atomic mass is 10.2. The average Bonchev–Trinajstić information content (AvgIpc) is 2.11. The summed E-state index contributed by atoms with van der Waals surface area (Å²) in [5.41, 5.74) is 0. The van der Waals surface area contributed by atoms with Gasteiger partial charge in [0.05, 0.1) is 0 Å². The van der Waals surface area contributed by atoms with E-state index < -0.39 is 52.6 Å². The van der Waals surface area contributed by atoms with Gasteiger partial charge in [0.2, 0.25) is 0 Å². The second kappa shape index (κ2) is 4.86. The molecular formula is C4H10O12S3. The summed E-state index contributed by atoms with van der Waals surface area (Å²) >= 11 is 0. The van der Waals surface area contributed by atoms with Gasteiger partial charge in [-0.25, -0.2) is 0 Å². The molecule has 0 aliphatic heterocycles. The fraction of sp³-hybridized carbons (Fsp3) is 1.00. The van der Waals surface area contributed by atoms with Crippen LogP contribution in [0.15, 0.2) is 0 Å². The van der Waals surface area contributed by atoms with Crippen LogP contribution in [0, 0.1) is 0 Å². The second-order valence-corrected chi connectivity index (χ2v) is 8.23. The monoisotopic (exact) mass is 346 g/mol. The summed E-state index contributed by atoms with van der Waals surface area (Å²) in [7, 11) is -18.8. The van der Waals surface area contributed by atoms with Crippen LogP contribution in [0.1, 0.15) is 6.42 Å². The van der Waals surface area contributed by atoms with Gasteiger partial charge in [-0.05, 0) is 0 Å². The van der Waals surface area contributed by atoms with Gasteiger partial charge < -0.3 is 15.3 Å². The van der Waals surface area contributed by atoms with Crippen molar-refractivity contribution in [1.29, 1.82) is 0 Å². The van der Waals surface area contributed by atoms with Gasteiger partial charge in [-0.2, -0.15) is 25.3 Å². The van der Waals surface area contributed by atoms with E-state index in [0.29, 0.717) is 0 Å². The lowest BCUT2D eigenvalue weighted by Gasteiger charge is -2.34. The van der Waals surface area contributed by atoms with Crippen LogP contribution in [-0.4, -0.2) is 70.0 Å². The number of hydrogen-bond donors (Lipinski definition) is 6. The van der Waals surface area contributed by atoms with Gasteiger partial charge >= 0.3 is 34.6 Å². The van der Waals surface area contributed by atoms with E-state index in [4.69, 9.17) is 18.8 Å². The molecule has 0 amide bonds. The first-order valence-electron chi connectivity index (χ1n) is 4.03. The summed E-state index contributed by atoms with van der Waals surface area (Å²) < 4.78 is 85.6. The van der Waals surface area contributed by atoms with Crippen LogP contribution in [-0.2, 0) is 30.4 Å². The zero-order valence-electron chi connectivity index (χ0n) is 8.77. The normalized spacial score (nSPS) is 18.0. The molecule has 0 saturated heterocycles. The van der Waals surface area contributed by atoms with Gasteiger partial charge in [-0.1, -0.05) is 0 Å². The largest absolute Gasteiger partial charge is 0.396 e. The van der Waals surface area contributed by atoms with E-state index in [-0.39, 0.29) is 0 Å². The predicted octanol–water partition coefficient (Wildman–Crippen LogP) is -3.63. The molecule has 19 heavy (non-hydrogen) atoms. The molecular weight excluding hydrogens is 336 g/mol. The van der Waals surface area contributed by atoms with Crippen molar-refractivity contribution in [3.63, 3.8) is 0 Å². The molecule has 0 spiro atoms. The highest BCUT2D eigenvalue weighted by molar-refractivity contribution is 8.06. The van der Waals surface area contributed by atoms with Crippen molar-refractivity contribution in [2.75, 3.05) is 6.61 Å². The quantitative estimate of drug-likeness (QED) is 0.256. The smallest absolute Gasteiger partial charge is 0.364 e. The third-order valence-electron chi connectivity index (χ3n) is 2.07. The molecule has 0 bridgehead atoms. The van der Waals surface area contributed by atoms with E-state index in [0.717, 1.165) is 0 Å². The molecule has 0 rings (SSSR count). The highest BCUT2D eigenvalue weighted by atomic mass is 32.3. The Kier molecular flexibility index (Phi) is 4.76. The van der Waals surface area contributed by atoms with E-state index in [1.807, 2.05) is 0 Å². The van der Waals surface area contributed by atoms with Gasteiger partial charge in [0.15, 0.2) is 0 Å². The SMILES string of the molecule is O=S(=O)(O)C(O)(CCO)C(O)(S(=O)(=O)O)S(=O)(=O)O. The summed E-state index contributed by atoms with van der Waals surface area (Å²) in [6, 6.07) is 0. The van der Waals surface area contributed by atoms with Gasteiger partial charge in [-0.15, -0.1) is 0 Å². The van der Waals surface area contributed by atoms with Crippen LogP contribution in [0.3, 0.4) is 0 Å². The Balaban J connectivity index is 6.82. The molecule has 1 unspecified atom stereocenters. The number of hydrogen-bond acceptors (Lipinski definition) is 9. The van der Waals surface area contributed by atoms with Crippen LogP contribution in [0.4, 0.5) is 0 Å². The minimum absolute atomic E-state index is 1.44. The molecule has 0 aromatic rings. The molecule has 116 valence electrons. The van der Waals surface area contributed by atoms with Crippen LogP contribution >= 0.6 is 0 Å². The van der Waals surface area contributed by atoms with Gasteiger partial charge in [-0.3, -0.25) is 13.7 Å². The van der Waals surface area contributed by atoms with Crippen molar-refractivity contribution in [2.24, 2.45) is 0 Å². The fourth-order valence-corrected chi connectivity index (χ4v) is 5.15. The molecule has 0 aliphatic rings. The van der Waals surface area contributed by atoms with Crippen LogP contribution in [0.2, 0.25) is 0 Å². The lowest BCUT2D eigenvalue weighted by molar-refractivity contribution is -0.0241. The standard InChI is InChI=1S/C4H10O12S3/c5-2-1-3(6,17(8,9)10)4(7,18(11,12)13)19(14,15)16/h5-7H,1-2H2,(H,8,9,10)(H,11,12,13)(H,14,15,16). The van der Waals surface area contributed by atoms with Crippen molar-refractivity contribution in [2.45, 2.75) is 15.6 Å². The molecule has 0 saturated carbocycles. The minimum atomic E-state index is -6.37. The third kappa shape index (κ3) is 2.73. The Hall–Kier alpha value is -0.390. The van der Waals surface area contributed by atoms with Crippen LogP contribution < -0.4 is 0 Å². The first-order chi connectivity index (χ1) is 8.06. The van der Waals surface area contributed by atoms with E-state index in [2.05, 4.69) is 0 Å². The fourth-order valence-electron chi connectivity index (χ4n) is 1.14. The zero-order valence-corrected chi connectivity index (χ0v) is 11.2. The van der Waals surface area contributed by atoms with Crippen LogP contribution in [0.5, 0.6) is 0 Å². The number of aliphatic hydroxyl groups is 3. The minimum Gasteiger partial charge on any atom is -0.396 e. The van der Waals surface area contributed by atoms with Gasteiger partial charge in [0, 0.05) is 13.0 Å². The van der Waals surface area contributed by atoms with Crippen molar-refractivity contribution in [3.05, 3.63) is 0 Å². The van der Waals surface area contributed by atoms with Gasteiger partial charge in [0.25, 0.3) is 4.93 Å². The maximum Gasteiger partial charge on any atom is 0.364 e. The van der Waals surface area contributed by atoms with Crippen molar-refractivity contribution < 1.29 is 54.2 Å². The Labute approximate surface area is 107 Å². The molecule has 0 heterocycles. The maximum absolute atomic E-state index is 10.9. The number of aliphatic hydroxyl groups excluding tert-OH is 1. The molecule has 6 N–H and O–H groups in total. The highest BCUT2D eigenvalue weighted by Gasteiger charge is 2.73. The Morgan fingerprint density at radius 2 is 1.05 bits per heavy atom. The maximum atomic E-state index is 10.9. The molecule has 0 radical (unpaired) electrons. The average molecular weight is 346 g/mol. The zero-order chi connectivity index (χ0) is 15.9. The first kappa shape index (κ1) is 18.6. The van der Waals surface area contributed by atoms with E-state index >= 15 is 0 Å². The van der Waals surface area contributed by atoms with Crippen LogP contribution in [0.25, 0.3) is 0 Å².